The molecule has 0 unspecified atom stereocenters. The fourth-order valence-electron chi connectivity index (χ4n) is 3.62. The van der Waals surface area contributed by atoms with E-state index >= 15 is 0 Å². The van der Waals surface area contributed by atoms with Crippen molar-refractivity contribution in [2.45, 2.75) is 76.3 Å². The summed E-state index contributed by atoms with van der Waals surface area (Å²) in [6.45, 7) is 2.13. The van der Waals surface area contributed by atoms with Crippen LogP contribution >= 0.6 is 23.5 Å². The van der Waals surface area contributed by atoms with E-state index in [9.17, 15) is 9.59 Å². The first kappa shape index (κ1) is 23.8. The lowest BCUT2D eigenvalue weighted by Crippen LogP contribution is -2.34. The molecule has 0 radical (unpaired) electrons. The summed E-state index contributed by atoms with van der Waals surface area (Å²) in [4.78, 5) is 23.7. The van der Waals surface area contributed by atoms with E-state index in [1.165, 1.54) is 62.0 Å². The molecule has 162 valence electrons. The zero-order valence-electron chi connectivity index (χ0n) is 16.9. The van der Waals surface area contributed by atoms with Gasteiger partial charge in [-0.05, 0) is 25.7 Å². The Balaban J connectivity index is 1.32. The number of hydrogen-bond acceptors (Lipinski definition) is 6. The van der Waals surface area contributed by atoms with Gasteiger partial charge in [0.15, 0.2) is 0 Å². The standard InChI is InChI=1S/C20H36N2O4S2/c23-19(21-17-7-3-1-4-8-17)27-15-13-25-11-12-26-14-16-28-20(24)22-18-9-5-2-6-10-18/h17-18H,1-16H2,(H,21,23)(H,22,24). The van der Waals surface area contributed by atoms with Crippen LogP contribution in [0.5, 0.6) is 0 Å². The topological polar surface area (TPSA) is 76.7 Å². The van der Waals surface area contributed by atoms with Gasteiger partial charge in [0, 0.05) is 23.6 Å². The molecule has 0 aromatic heterocycles. The highest BCUT2D eigenvalue weighted by Gasteiger charge is 2.16. The Morgan fingerprint density at radius 2 is 1.04 bits per heavy atom. The van der Waals surface area contributed by atoms with Gasteiger partial charge in [-0.2, -0.15) is 0 Å². The first-order valence-electron chi connectivity index (χ1n) is 10.8. The molecule has 0 spiro atoms. The Morgan fingerprint density at radius 1 is 0.643 bits per heavy atom. The summed E-state index contributed by atoms with van der Waals surface area (Å²) in [6, 6.07) is 0.733. The molecule has 0 bridgehead atoms. The van der Waals surface area contributed by atoms with Gasteiger partial charge in [0.25, 0.3) is 10.5 Å². The highest BCUT2D eigenvalue weighted by Crippen LogP contribution is 2.19. The minimum absolute atomic E-state index is 0.0651. The molecule has 2 rings (SSSR count). The predicted octanol–water partition coefficient (Wildman–Crippen LogP) is 4.57. The van der Waals surface area contributed by atoms with E-state index in [4.69, 9.17) is 9.47 Å². The van der Waals surface area contributed by atoms with Crippen LogP contribution in [0.25, 0.3) is 0 Å². The fraction of sp³-hybridized carbons (Fsp3) is 0.900. The van der Waals surface area contributed by atoms with Gasteiger partial charge in [0.1, 0.15) is 0 Å². The third-order valence-corrected chi connectivity index (χ3v) is 6.65. The average molecular weight is 433 g/mol. The summed E-state index contributed by atoms with van der Waals surface area (Å²) in [5.41, 5.74) is 0. The van der Waals surface area contributed by atoms with E-state index < -0.39 is 0 Å². The zero-order chi connectivity index (χ0) is 19.9. The molecule has 2 N–H and O–H groups in total. The first-order chi connectivity index (χ1) is 13.7. The maximum absolute atomic E-state index is 11.8. The Kier molecular flexibility index (Phi) is 13.1. The number of hydrogen-bond donors (Lipinski definition) is 2. The van der Waals surface area contributed by atoms with E-state index in [0.29, 0.717) is 50.0 Å². The van der Waals surface area contributed by atoms with E-state index in [2.05, 4.69) is 10.6 Å². The number of amides is 2. The molecule has 2 amide bonds. The summed E-state index contributed by atoms with van der Waals surface area (Å²) in [6.07, 6.45) is 11.9. The second-order valence-corrected chi connectivity index (χ2v) is 9.59. The van der Waals surface area contributed by atoms with Crippen molar-refractivity contribution in [2.24, 2.45) is 0 Å². The van der Waals surface area contributed by atoms with Crippen LogP contribution in [-0.2, 0) is 9.47 Å². The van der Waals surface area contributed by atoms with Crippen molar-refractivity contribution < 1.29 is 19.1 Å². The van der Waals surface area contributed by atoms with Crippen LogP contribution < -0.4 is 10.6 Å². The van der Waals surface area contributed by atoms with E-state index in [1.54, 1.807) is 0 Å². The van der Waals surface area contributed by atoms with Gasteiger partial charge in [-0.1, -0.05) is 62.0 Å². The minimum atomic E-state index is 0.0651. The predicted molar refractivity (Wildman–Crippen MR) is 117 cm³/mol. The number of rotatable bonds is 11. The SMILES string of the molecule is O=C(NC1CCCCC1)SCCOCCOCCSC(=O)NC1CCCCC1. The molecule has 2 aliphatic rings. The molecule has 0 saturated heterocycles. The molecule has 0 atom stereocenters. The maximum atomic E-state index is 11.8. The molecule has 0 aromatic carbocycles. The van der Waals surface area contributed by atoms with Crippen molar-refractivity contribution in [1.29, 1.82) is 0 Å². The number of nitrogens with one attached hydrogen (secondary N) is 2. The summed E-state index contributed by atoms with van der Waals surface area (Å²) in [5.74, 6) is 1.32. The van der Waals surface area contributed by atoms with Crippen molar-refractivity contribution in [2.75, 3.05) is 37.9 Å². The lowest BCUT2D eigenvalue weighted by atomic mass is 9.96. The van der Waals surface area contributed by atoms with Gasteiger partial charge in [-0.3, -0.25) is 9.59 Å². The monoisotopic (exact) mass is 432 g/mol. The van der Waals surface area contributed by atoms with E-state index in [-0.39, 0.29) is 10.5 Å². The Hall–Kier alpha value is -0.440. The number of carbonyl (C=O) groups excluding carboxylic acids is 2. The van der Waals surface area contributed by atoms with Crippen molar-refractivity contribution in [1.82, 2.24) is 10.6 Å². The van der Waals surface area contributed by atoms with Crippen LogP contribution in [0.3, 0.4) is 0 Å². The van der Waals surface area contributed by atoms with E-state index in [1.807, 2.05) is 0 Å². The molecule has 0 aliphatic heterocycles. The molecule has 0 heterocycles. The number of carbonyl (C=O) groups is 2. The smallest absolute Gasteiger partial charge is 0.279 e. The molecule has 6 nitrogen and oxygen atoms in total. The van der Waals surface area contributed by atoms with Crippen LogP contribution in [0.4, 0.5) is 9.59 Å². The number of ether oxygens (including phenoxy) is 2. The van der Waals surface area contributed by atoms with Crippen LogP contribution in [0, 0.1) is 0 Å². The zero-order valence-corrected chi connectivity index (χ0v) is 18.6. The summed E-state index contributed by atoms with van der Waals surface area (Å²) in [7, 11) is 0. The largest absolute Gasteiger partial charge is 0.378 e. The summed E-state index contributed by atoms with van der Waals surface area (Å²) >= 11 is 2.59. The third-order valence-electron chi connectivity index (χ3n) is 5.15. The highest BCUT2D eigenvalue weighted by atomic mass is 32.2. The second kappa shape index (κ2) is 15.4. The minimum Gasteiger partial charge on any atom is -0.378 e. The van der Waals surface area contributed by atoms with Crippen molar-refractivity contribution in [3.63, 3.8) is 0 Å². The van der Waals surface area contributed by atoms with Crippen LogP contribution in [0.2, 0.25) is 0 Å². The molecular weight excluding hydrogens is 396 g/mol. The Bertz CT molecular complexity index is 402. The molecule has 28 heavy (non-hydrogen) atoms. The summed E-state index contributed by atoms with van der Waals surface area (Å²) < 4.78 is 11.0. The normalized spacial score (nSPS) is 18.7. The molecule has 2 fully saturated rings. The van der Waals surface area contributed by atoms with E-state index in [0.717, 1.165) is 25.7 Å². The molecular formula is C20H36N2O4S2. The van der Waals surface area contributed by atoms with Crippen LogP contribution in [-0.4, -0.2) is 60.5 Å². The Labute approximate surface area is 178 Å². The van der Waals surface area contributed by atoms with Gasteiger partial charge in [-0.15, -0.1) is 0 Å². The number of thioether (sulfide) groups is 2. The summed E-state index contributed by atoms with van der Waals surface area (Å²) in [5, 5.41) is 6.31. The van der Waals surface area contributed by atoms with Crippen molar-refractivity contribution in [3.8, 4) is 0 Å². The lowest BCUT2D eigenvalue weighted by molar-refractivity contribution is 0.0605. The molecule has 8 heteroatoms. The van der Waals surface area contributed by atoms with Crippen molar-refractivity contribution in [3.05, 3.63) is 0 Å². The second-order valence-electron chi connectivity index (χ2n) is 7.46. The maximum Gasteiger partial charge on any atom is 0.279 e. The lowest BCUT2D eigenvalue weighted by Gasteiger charge is -2.22. The van der Waals surface area contributed by atoms with Gasteiger partial charge in [-0.25, -0.2) is 0 Å². The average Bonchev–Trinajstić information content (AvgIpc) is 2.71. The highest BCUT2D eigenvalue weighted by molar-refractivity contribution is 8.13. The molecule has 0 aromatic rings. The molecule has 2 aliphatic carbocycles. The quantitative estimate of drug-likeness (QED) is 0.466. The fourth-order valence-corrected chi connectivity index (χ4v) is 4.89. The van der Waals surface area contributed by atoms with Crippen LogP contribution in [0.1, 0.15) is 64.2 Å². The van der Waals surface area contributed by atoms with Gasteiger partial charge in [0.2, 0.25) is 0 Å². The third kappa shape index (κ3) is 11.5. The first-order valence-corrected chi connectivity index (χ1v) is 12.7. The van der Waals surface area contributed by atoms with Gasteiger partial charge in [0.05, 0.1) is 26.4 Å². The van der Waals surface area contributed by atoms with Crippen molar-refractivity contribution >= 4 is 34.0 Å². The van der Waals surface area contributed by atoms with Gasteiger partial charge >= 0.3 is 0 Å². The Morgan fingerprint density at radius 3 is 1.43 bits per heavy atom. The van der Waals surface area contributed by atoms with Gasteiger partial charge < -0.3 is 20.1 Å². The molecule has 2 saturated carbocycles. The van der Waals surface area contributed by atoms with Crippen LogP contribution in [0.15, 0.2) is 0 Å².